The van der Waals surface area contributed by atoms with Gasteiger partial charge in [-0.2, -0.15) is 0 Å². The van der Waals surface area contributed by atoms with Crippen LogP contribution in [0.4, 0.5) is 0 Å². The smallest absolute Gasteiger partial charge is 0.341 e. The van der Waals surface area contributed by atoms with Crippen LogP contribution < -0.4 is 5.32 Å². The fraction of sp³-hybridized carbons (Fsp3) is 0.500. The minimum Gasteiger partial charge on any atom is -0.477 e. The molecule has 0 bridgehead atoms. The Morgan fingerprint density at radius 2 is 2.38 bits per heavy atom. The van der Waals surface area contributed by atoms with Crippen molar-refractivity contribution in [1.29, 1.82) is 0 Å². The van der Waals surface area contributed by atoms with Gasteiger partial charge in [-0.05, 0) is 7.05 Å². The zero-order chi connectivity index (χ0) is 9.84. The van der Waals surface area contributed by atoms with Crippen LogP contribution in [0.5, 0.6) is 0 Å². The summed E-state index contributed by atoms with van der Waals surface area (Å²) >= 11 is 0. The van der Waals surface area contributed by atoms with Gasteiger partial charge in [0.2, 0.25) is 0 Å². The molecule has 72 valence electrons. The molecule has 1 aromatic rings. The minimum absolute atomic E-state index is 0.192. The van der Waals surface area contributed by atoms with E-state index >= 15 is 0 Å². The van der Waals surface area contributed by atoms with Crippen LogP contribution >= 0.6 is 0 Å². The van der Waals surface area contributed by atoms with Crippen LogP contribution in [0.1, 0.15) is 28.7 Å². The van der Waals surface area contributed by atoms with Crippen LogP contribution in [0.2, 0.25) is 0 Å². The van der Waals surface area contributed by atoms with Crippen molar-refractivity contribution in [2.45, 2.75) is 19.9 Å². The molecule has 1 heterocycles. The van der Waals surface area contributed by atoms with Crippen molar-refractivity contribution in [2.75, 3.05) is 7.05 Å². The molecule has 0 aliphatic rings. The van der Waals surface area contributed by atoms with Crippen LogP contribution in [0.25, 0.3) is 0 Å². The predicted molar refractivity (Wildman–Crippen MR) is 45.6 cm³/mol. The highest BCUT2D eigenvalue weighted by Crippen LogP contribution is 2.14. The zero-order valence-corrected chi connectivity index (χ0v) is 7.63. The number of hydrogen-bond donors (Lipinski definition) is 2. The average molecular weight is 184 g/mol. The molecule has 0 atom stereocenters. The lowest BCUT2D eigenvalue weighted by Crippen LogP contribution is -2.10. The Morgan fingerprint density at radius 3 is 2.85 bits per heavy atom. The van der Waals surface area contributed by atoms with E-state index in [1.54, 1.807) is 7.05 Å². The van der Waals surface area contributed by atoms with Crippen LogP contribution in [0, 0.1) is 0 Å². The average Bonchev–Trinajstić information content (AvgIpc) is 2.48. The van der Waals surface area contributed by atoms with Gasteiger partial charge >= 0.3 is 5.97 Å². The van der Waals surface area contributed by atoms with Gasteiger partial charge in [0.1, 0.15) is 11.3 Å². The molecule has 1 rings (SSSR count). The van der Waals surface area contributed by atoms with E-state index in [2.05, 4.69) is 10.5 Å². The van der Waals surface area contributed by atoms with Crippen LogP contribution in [-0.2, 0) is 13.0 Å². The van der Waals surface area contributed by atoms with E-state index in [1.165, 1.54) is 0 Å². The fourth-order valence-corrected chi connectivity index (χ4v) is 1.13. The minimum atomic E-state index is -0.983. The second-order valence-corrected chi connectivity index (χ2v) is 2.62. The number of rotatable bonds is 4. The predicted octanol–water partition coefficient (Wildman–Crippen LogP) is 0.655. The molecule has 5 heteroatoms. The summed E-state index contributed by atoms with van der Waals surface area (Å²) in [4.78, 5) is 10.8. The summed E-state index contributed by atoms with van der Waals surface area (Å²) in [6.45, 7) is 2.24. The maximum atomic E-state index is 10.8. The van der Waals surface area contributed by atoms with Gasteiger partial charge in [0.15, 0.2) is 5.76 Å². The lowest BCUT2D eigenvalue weighted by Gasteiger charge is -1.95. The van der Waals surface area contributed by atoms with Crippen LogP contribution in [-0.4, -0.2) is 23.3 Å². The number of hydrogen-bond acceptors (Lipinski definition) is 4. The van der Waals surface area contributed by atoms with E-state index in [0.717, 1.165) is 0 Å². The van der Waals surface area contributed by atoms with Crippen molar-refractivity contribution in [3.05, 3.63) is 17.0 Å². The summed E-state index contributed by atoms with van der Waals surface area (Å²) in [5, 5.41) is 15.4. The lowest BCUT2D eigenvalue weighted by atomic mass is 10.1. The molecule has 0 aliphatic carbocycles. The normalized spacial score (nSPS) is 10.3. The third kappa shape index (κ3) is 1.86. The maximum absolute atomic E-state index is 10.8. The highest BCUT2D eigenvalue weighted by atomic mass is 16.5. The van der Waals surface area contributed by atoms with E-state index in [9.17, 15) is 4.79 Å². The van der Waals surface area contributed by atoms with Gasteiger partial charge in [0.05, 0.1) is 0 Å². The highest BCUT2D eigenvalue weighted by molar-refractivity contribution is 5.89. The van der Waals surface area contributed by atoms with Gasteiger partial charge < -0.3 is 14.9 Å². The topological polar surface area (TPSA) is 75.4 Å². The van der Waals surface area contributed by atoms with Gasteiger partial charge in [-0.25, -0.2) is 4.79 Å². The van der Waals surface area contributed by atoms with E-state index in [0.29, 0.717) is 24.4 Å². The maximum Gasteiger partial charge on any atom is 0.341 e. The molecule has 0 saturated heterocycles. The number of carboxylic acids is 1. The Balaban J connectivity index is 3.06. The largest absolute Gasteiger partial charge is 0.477 e. The van der Waals surface area contributed by atoms with Gasteiger partial charge in [0.25, 0.3) is 0 Å². The molecule has 0 unspecified atom stereocenters. The fourth-order valence-electron chi connectivity index (χ4n) is 1.13. The van der Waals surface area contributed by atoms with Gasteiger partial charge in [-0.3, -0.25) is 0 Å². The molecule has 0 radical (unpaired) electrons. The number of aryl methyl sites for hydroxylation is 1. The van der Waals surface area contributed by atoms with E-state index in [-0.39, 0.29) is 5.56 Å². The molecule has 0 saturated carbocycles. The first-order chi connectivity index (χ1) is 6.20. The third-order valence-electron chi connectivity index (χ3n) is 1.71. The molecule has 0 spiro atoms. The van der Waals surface area contributed by atoms with Crippen molar-refractivity contribution in [3.8, 4) is 0 Å². The van der Waals surface area contributed by atoms with Gasteiger partial charge in [-0.15, -0.1) is 0 Å². The lowest BCUT2D eigenvalue weighted by molar-refractivity contribution is 0.0693. The van der Waals surface area contributed by atoms with Crippen molar-refractivity contribution in [2.24, 2.45) is 0 Å². The molecule has 13 heavy (non-hydrogen) atoms. The quantitative estimate of drug-likeness (QED) is 0.718. The van der Waals surface area contributed by atoms with Crippen molar-refractivity contribution >= 4 is 5.97 Å². The molecule has 0 amide bonds. The van der Waals surface area contributed by atoms with Crippen LogP contribution in [0.3, 0.4) is 0 Å². The Kier molecular flexibility index (Phi) is 3.02. The highest BCUT2D eigenvalue weighted by Gasteiger charge is 2.20. The molecule has 0 fully saturated rings. The number of nitrogens with one attached hydrogen (secondary N) is 1. The molecule has 1 aromatic heterocycles. The number of nitrogens with zero attached hydrogens (tertiary/aromatic N) is 1. The number of carbonyl (C=O) groups is 1. The molecular formula is C8H12N2O3. The number of aromatic nitrogens is 1. The van der Waals surface area contributed by atoms with Crippen molar-refractivity contribution < 1.29 is 14.4 Å². The first-order valence-electron chi connectivity index (χ1n) is 4.06. The Hall–Kier alpha value is -1.36. The summed E-state index contributed by atoms with van der Waals surface area (Å²) in [5.74, 6) is -0.555. The summed E-state index contributed by atoms with van der Waals surface area (Å²) in [6.07, 6.45) is 0.540. The molecule has 2 N–H and O–H groups in total. The summed E-state index contributed by atoms with van der Waals surface area (Å²) in [6, 6.07) is 0. The Morgan fingerprint density at radius 1 is 1.69 bits per heavy atom. The Bertz CT molecular complexity index is 306. The molecule has 0 aromatic carbocycles. The van der Waals surface area contributed by atoms with Crippen molar-refractivity contribution in [3.63, 3.8) is 0 Å². The van der Waals surface area contributed by atoms with Crippen molar-refractivity contribution in [1.82, 2.24) is 10.5 Å². The first-order valence-corrected chi connectivity index (χ1v) is 4.06. The standard InChI is InChI=1S/C8H12N2O3/c1-3-6-7(8(11)12)5(4-9-2)10-13-6/h9H,3-4H2,1-2H3,(H,11,12). The summed E-state index contributed by atoms with van der Waals surface area (Å²) in [5.41, 5.74) is 0.642. The van der Waals surface area contributed by atoms with Gasteiger partial charge in [0, 0.05) is 13.0 Å². The zero-order valence-electron chi connectivity index (χ0n) is 7.63. The number of carboxylic acid groups (broad SMARTS) is 1. The summed E-state index contributed by atoms with van der Waals surface area (Å²) < 4.78 is 4.89. The van der Waals surface area contributed by atoms with E-state index < -0.39 is 5.97 Å². The third-order valence-corrected chi connectivity index (χ3v) is 1.71. The second-order valence-electron chi connectivity index (χ2n) is 2.62. The molecular weight excluding hydrogens is 172 g/mol. The molecule has 0 aliphatic heterocycles. The Labute approximate surface area is 75.7 Å². The molecule has 5 nitrogen and oxygen atoms in total. The van der Waals surface area contributed by atoms with E-state index in [4.69, 9.17) is 9.63 Å². The second kappa shape index (κ2) is 4.04. The first kappa shape index (κ1) is 9.73. The number of aromatic carboxylic acids is 1. The van der Waals surface area contributed by atoms with Crippen LogP contribution in [0.15, 0.2) is 4.52 Å². The SMILES string of the molecule is CCc1onc(CNC)c1C(=O)O. The monoisotopic (exact) mass is 184 g/mol. The van der Waals surface area contributed by atoms with E-state index in [1.807, 2.05) is 6.92 Å². The summed E-state index contributed by atoms with van der Waals surface area (Å²) in [7, 11) is 1.73. The van der Waals surface area contributed by atoms with Gasteiger partial charge in [-0.1, -0.05) is 12.1 Å².